The van der Waals surface area contributed by atoms with Gasteiger partial charge >= 0.3 is 5.97 Å². The van der Waals surface area contributed by atoms with Crippen molar-refractivity contribution in [2.24, 2.45) is 5.92 Å². The maximum atomic E-state index is 13.8. The number of alkyl halides is 1. The van der Waals surface area contributed by atoms with Crippen molar-refractivity contribution in [1.82, 2.24) is 10.2 Å². The molecule has 0 aromatic carbocycles. The van der Waals surface area contributed by atoms with Crippen molar-refractivity contribution in [3.8, 4) is 0 Å². The summed E-state index contributed by atoms with van der Waals surface area (Å²) in [6.45, 7) is 3.08. The monoisotopic (exact) mass is 526 g/mol. The zero-order valence-corrected chi connectivity index (χ0v) is 21.6. The molecule has 1 saturated heterocycles. The predicted molar refractivity (Wildman–Crippen MR) is 137 cm³/mol. The number of morpholine rings is 1. The number of aliphatic hydroxyl groups is 1. The SMILES string of the molecule is CCCC(C(=O)O)N1C(=O)C(CCCNCCO)OC(C2=CCC(Cl)C=C2)C1C1C=CC(Cl)=CC1. The Balaban J connectivity index is 1.97. The summed E-state index contributed by atoms with van der Waals surface area (Å²) in [5.41, 5.74) is 0.919. The van der Waals surface area contributed by atoms with E-state index in [-0.39, 0.29) is 23.8 Å². The van der Waals surface area contributed by atoms with Crippen LogP contribution in [0.1, 0.15) is 45.4 Å². The number of aliphatic carboxylic acids is 1. The third kappa shape index (κ3) is 7.20. The molecule has 3 aliphatic rings. The fraction of sp³-hybridized carbons (Fsp3) is 0.615. The van der Waals surface area contributed by atoms with Crippen molar-refractivity contribution in [1.29, 1.82) is 0 Å². The first-order valence-corrected chi connectivity index (χ1v) is 13.3. The number of rotatable bonds is 12. The number of amides is 1. The highest BCUT2D eigenvalue weighted by atomic mass is 35.5. The van der Waals surface area contributed by atoms with Gasteiger partial charge in [0.05, 0.1) is 18.0 Å². The zero-order chi connectivity index (χ0) is 25.4. The second-order valence-corrected chi connectivity index (χ2v) is 10.2. The van der Waals surface area contributed by atoms with Crippen LogP contribution in [0.5, 0.6) is 0 Å². The van der Waals surface area contributed by atoms with Crippen LogP contribution in [0.15, 0.2) is 47.1 Å². The number of halogens is 2. The molecule has 9 heteroatoms. The topological polar surface area (TPSA) is 99.1 Å². The number of aliphatic hydroxyl groups excluding tert-OH is 1. The van der Waals surface area contributed by atoms with E-state index in [2.05, 4.69) is 5.32 Å². The van der Waals surface area contributed by atoms with Gasteiger partial charge in [-0.3, -0.25) is 4.79 Å². The first-order valence-electron chi connectivity index (χ1n) is 12.5. The third-order valence-electron chi connectivity index (χ3n) is 6.69. The standard InChI is InChI=1S/C26H36Cl2N2O5/c1-2-4-21(26(33)34)30-23(17-6-10-19(27)11-7-17)24(18-8-12-20(28)13-9-18)35-22(25(30)32)5-3-14-29-15-16-31/h6,8-12,17,20-24,29,31H,2-5,7,13-16H2,1H3,(H,33,34). The van der Waals surface area contributed by atoms with Gasteiger partial charge in [-0.1, -0.05) is 55.3 Å². The van der Waals surface area contributed by atoms with Crippen LogP contribution in [0.2, 0.25) is 0 Å². The summed E-state index contributed by atoms with van der Waals surface area (Å²) in [5, 5.41) is 22.8. The van der Waals surface area contributed by atoms with Crippen molar-refractivity contribution < 1.29 is 24.5 Å². The molecule has 0 aromatic rings. The quantitative estimate of drug-likeness (QED) is 0.264. The molecule has 2 aliphatic carbocycles. The normalized spacial score (nSPS) is 29.7. The lowest BCUT2D eigenvalue weighted by molar-refractivity contribution is -0.182. The minimum atomic E-state index is -1.00. The van der Waals surface area contributed by atoms with E-state index >= 15 is 0 Å². The van der Waals surface area contributed by atoms with E-state index in [1.165, 1.54) is 0 Å². The molecule has 1 heterocycles. The molecule has 6 unspecified atom stereocenters. The zero-order valence-electron chi connectivity index (χ0n) is 20.1. The van der Waals surface area contributed by atoms with E-state index in [1.54, 1.807) is 4.90 Å². The Labute approximate surface area is 217 Å². The Morgan fingerprint density at radius 2 is 2.06 bits per heavy atom. The fourth-order valence-corrected chi connectivity index (χ4v) is 5.32. The van der Waals surface area contributed by atoms with Gasteiger partial charge in [0.2, 0.25) is 0 Å². The number of nitrogens with one attached hydrogen (secondary N) is 1. The molecule has 0 aromatic heterocycles. The van der Waals surface area contributed by atoms with Crippen LogP contribution in [0, 0.1) is 5.92 Å². The molecule has 0 radical (unpaired) electrons. The van der Waals surface area contributed by atoms with Crippen LogP contribution in [0.25, 0.3) is 0 Å². The largest absolute Gasteiger partial charge is 0.480 e. The minimum absolute atomic E-state index is 0.0448. The van der Waals surface area contributed by atoms with E-state index in [9.17, 15) is 14.7 Å². The van der Waals surface area contributed by atoms with Crippen molar-refractivity contribution in [3.63, 3.8) is 0 Å². The number of hydrogen-bond donors (Lipinski definition) is 3. The van der Waals surface area contributed by atoms with Crippen LogP contribution in [0.4, 0.5) is 0 Å². The summed E-state index contributed by atoms with van der Waals surface area (Å²) >= 11 is 12.4. The van der Waals surface area contributed by atoms with Crippen LogP contribution < -0.4 is 5.32 Å². The average molecular weight is 527 g/mol. The van der Waals surface area contributed by atoms with Crippen LogP contribution in [-0.4, -0.2) is 76.4 Å². The van der Waals surface area contributed by atoms with E-state index in [0.717, 1.165) is 5.57 Å². The molecule has 6 atom stereocenters. The second kappa shape index (κ2) is 13.6. The van der Waals surface area contributed by atoms with Gasteiger partial charge in [0, 0.05) is 17.5 Å². The molecule has 0 bridgehead atoms. The van der Waals surface area contributed by atoms with Gasteiger partial charge < -0.3 is 25.2 Å². The molecular weight excluding hydrogens is 491 g/mol. The molecule has 1 fully saturated rings. The molecule has 0 spiro atoms. The van der Waals surface area contributed by atoms with Crippen molar-refractivity contribution >= 4 is 35.1 Å². The number of allylic oxidation sites excluding steroid dienone is 5. The van der Waals surface area contributed by atoms with E-state index < -0.39 is 30.3 Å². The first-order chi connectivity index (χ1) is 16.9. The highest BCUT2D eigenvalue weighted by Crippen LogP contribution is 2.38. The number of nitrogens with zero attached hydrogens (tertiary/aromatic N) is 1. The van der Waals surface area contributed by atoms with Crippen LogP contribution in [-0.2, 0) is 14.3 Å². The summed E-state index contributed by atoms with van der Waals surface area (Å²) in [4.78, 5) is 27.8. The van der Waals surface area contributed by atoms with Crippen molar-refractivity contribution in [3.05, 3.63) is 47.1 Å². The summed E-state index contributed by atoms with van der Waals surface area (Å²) in [6.07, 6.45) is 13.7. The Bertz CT molecular complexity index is 872. The molecular formula is C26H36Cl2N2O5. The molecule has 3 N–H and O–H groups in total. The highest BCUT2D eigenvalue weighted by molar-refractivity contribution is 6.31. The van der Waals surface area contributed by atoms with E-state index in [0.29, 0.717) is 56.6 Å². The van der Waals surface area contributed by atoms with Crippen molar-refractivity contribution in [2.75, 3.05) is 19.7 Å². The number of carbonyl (C=O) groups excluding carboxylic acids is 1. The van der Waals surface area contributed by atoms with Crippen LogP contribution in [0.3, 0.4) is 0 Å². The van der Waals surface area contributed by atoms with Gasteiger partial charge in [0.15, 0.2) is 0 Å². The molecule has 0 saturated carbocycles. The summed E-state index contributed by atoms with van der Waals surface area (Å²) in [6, 6.07) is -1.43. The molecule has 35 heavy (non-hydrogen) atoms. The lowest BCUT2D eigenvalue weighted by Crippen LogP contribution is -2.65. The first kappa shape index (κ1) is 27.9. The fourth-order valence-electron chi connectivity index (χ4n) is 4.99. The Morgan fingerprint density at radius 1 is 1.26 bits per heavy atom. The molecule has 1 amide bonds. The number of carbonyl (C=O) groups is 2. The van der Waals surface area contributed by atoms with Gasteiger partial charge in [0.1, 0.15) is 18.2 Å². The van der Waals surface area contributed by atoms with Crippen LogP contribution >= 0.6 is 23.2 Å². The Hall–Kier alpha value is -1.64. The lowest BCUT2D eigenvalue weighted by Gasteiger charge is -2.50. The molecule has 7 nitrogen and oxygen atoms in total. The molecule has 3 rings (SSSR count). The summed E-state index contributed by atoms with van der Waals surface area (Å²) in [5.74, 6) is -1.42. The van der Waals surface area contributed by atoms with Gasteiger partial charge in [-0.15, -0.1) is 11.6 Å². The van der Waals surface area contributed by atoms with E-state index in [4.69, 9.17) is 33.0 Å². The Morgan fingerprint density at radius 3 is 2.66 bits per heavy atom. The molecule has 1 aliphatic heterocycles. The number of hydrogen-bond acceptors (Lipinski definition) is 5. The molecule has 194 valence electrons. The predicted octanol–water partition coefficient (Wildman–Crippen LogP) is 3.76. The second-order valence-electron chi connectivity index (χ2n) is 9.20. The number of carboxylic acids is 1. The number of ether oxygens (including phenoxy) is 1. The van der Waals surface area contributed by atoms with E-state index in [1.807, 2.05) is 43.4 Å². The van der Waals surface area contributed by atoms with Gasteiger partial charge in [0.25, 0.3) is 5.91 Å². The lowest BCUT2D eigenvalue weighted by atomic mass is 9.81. The smallest absolute Gasteiger partial charge is 0.326 e. The van der Waals surface area contributed by atoms with Gasteiger partial charge in [-0.2, -0.15) is 0 Å². The average Bonchev–Trinajstić information content (AvgIpc) is 2.84. The summed E-state index contributed by atoms with van der Waals surface area (Å²) < 4.78 is 6.50. The maximum absolute atomic E-state index is 13.8. The highest BCUT2D eigenvalue weighted by Gasteiger charge is 2.50. The van der Waals surface area contributed by atoms with Crippen molar-refractivity contribution in [2.45, 2.75) is 75.1 Å². The third-order valence-corrected chi connectivity index (χ3v) is 7.30. The minimum Gasteiger partial charge on any atom is -0.480 e. The van der Waals surface area contributed by atoms with Gasteiger partial charge in [-0.05, 0) is 50.3 Å². The number of carboxylic acid groups (broad SMARTS) is 1. The maximum Gasteiger partial charge on any atom is 0.326 e. The Kier molecular flexibility index (Phi) is 10.9. The van der Waals surface area contributed by atoms with Gasteiger partial charge in [-0.25, -0.2) is 4.79 Å². The summed E-state index contributed by atoms with van der Waals surface area (Å²) in [7, 11) is 0.